The first-order valence-corrected chi connectivity index (χ1v) is 13.7. The highest BCUT2D eigenvalue weighted by Crippen LogP contribution is 2.55. The fourth-order valence-corrected chi connectivity index (χ4v) is 7.64. The molecule has 3 unspecified atom stereocenters. The molecule has 3 atom stereocenters. The lowest BCUT2D eigenvalue weighted by Gasteiger charge is -2.58. The summed E-state index contributed by atoms with van der Waals surface area (Å²) in [6.45, 7) is 6.19. The van der Waals surface area contributed by atoms with E-state index in [-0.39, 0.29) is 23.9 Å². The Morgan fingerprint density at radius 3 is 2.41 bits per heavy atom. The monoisotopic (exact) mass is 503 g/mol. The number of hydrogen-bond acceptors (Lipinski definition) is 6. The number of benzene rings is 1. The number of piperazine rings is 1. The van der Waals surface area contributed by atoms with Gasteiger partial charge in [-0.1, -0.05) is 6.07 Å². The van der Waals surface area contributed by atoms with Crippen molar-refractivity contribution >= 4 is 29.0 Å². The summed E-state index contributed by atoms with van der Waals surface area (Å²) in [5.74, 6) is 2.03. The lowest BCUT2D eigenvalue weighted by atomic mass is 9.52. The number of pyridine rings is 1. The van der Waals surface area contributed by atoms with Crippen molar-refractivity contribution in [2.75, 3.05) is 34.8 Å². The molecule has 1 aromatic heterocycles. The molecule has 8 nitrogen and oxygen atoms in total. The van der Waals surface area contributed by atoms with E-state index in [1.165, 1.54) is 6.92 Å². The average molecular weight is 504 g/mol. The molecule has 196 valence electrons. The van der Waals surface area contributed by atoms with Gasteiger partial charge in [-0.25, -0.2) is 4.98 Å². The van der Waals surface area contributed by atoms with Gasteiger partial charge in [0.1, 0.15) is 11.5 Å². The summed E-state index contributed by atoms with van der Waals surface area (Å²) in [6.07, 6.45) is 4.81. The Morgan fingerprint density at radius 2 is 1.76 bits per heavy atom. The van der Waals surface area contributed by atoms with Gasteiger partial charge in [-0.3, -0.25) is 9.59 Å². The Labute approximate surface area is 218 Å². The summed E-state index contributed by atoms with van der Waals surface area (Å²) < 4.78 is 0. The number of nitrogens with one attached hydrogen (secondary N) is 2. The van der Waals surface area contributed by atoms with Crippen LogP contribution in [0.2, 0.25) is 0 Å². The molecular formula is C29H37N5O3. The van der Waals surface area contributed by atoms with Crippen molar-refractivity contribution in [3.63, 3.8) is 0 Å². The molecule has 2 aromatic rings. The number of rotatable bonds is 5. The van der Waals surface area contributed by atoms with Crippen LogP contribution in [-0.4, -0.2) is 59.2 Å². The lowest BCUT2D eigenvalue weighted by Crippen LogP contribution is -2.61. The van der Waals surface area contributed by atoms with Crippen LogP contribution in [0.4, 0.5) is 17.2 Å². The van der Waals surface area contributed by atoms with Gasteiger partial charge >= 0.3 is 0 Å². The van der Waals surface area contributed by atoms with Gasteiger partial charge < -0.3 is 25.5 Å². The Kier molecular flexibility index (Phi) is 6.10. The molecule has 37 heavy (non-hydrogen) atoms. The maximum absolute atomic E-state index is 13.3. The highest BCUT2D eigenvalue weighted by atomic mass is 16.3. The molecule has 1 saturated heterocycles. The number of nitrogens with zero attached hydrogens (tertiary/aromatic N) is 3. The Morgan fingerprint density at radius 1 is 1.03 bits per heavy atom. The molecule has 1 aliphatic heterocycles. The molecule has 7 rings (SSSR count). The molecule has 0 spiro atoms. The van der Waals surface area contributed by atoms with Crippen LogP contribution in [0.5, 0.6) is 0 Å². The maximum Gasteiger partial charge on any atom is 0.270 e. The van der Waals surface area contributed by atoms with Crippen molar-refractivity contribution in [3.8, 4) is 0 Å². The molecule has 3 N–H and O–H groups in total. The van der Waals surface area contributed by atoms with Crippen molar-refractivity contribution < 1.29 is 14.7 Å². The summed E-state index contributed by atoms with van der Waals surface area (Å²) >= 11 is 0. The average Bonchev–Trinajstić information content (AvgIpc) is 2.85. The van der Waals surface area contributed by atoms with Gasteiger partial charge in [0, 0.05) is 50.0 Å². The molecule has 8 heteroatoms. The van der Waals surface area contributed by atoms with E-state index < -0.39 is 5.60 Å². The van der Waals surface area contributed by atoms with Gasteiger partial charge in [-0.15, -0.1) is 0 Å². The van der Waals surface area contributed by atoms with Crippen LogP contribution in [0.15, 0.2) is 42.5 Å². The van der Waals surface area contributed by atoms with Gasteiger partial charge in [0.15, 0.2) is 0 Å². The number of amides is 2. The highest BCUT2D eigenvalue weighted by Gasteiger charge is 2.55. The molecule has 0 radical (unpaired) electrons. The third kappa shape index (κ3) is 4.79. The Bertz CT molecular complexity index is 1170. The first-order valence-electron chi connectivity index (χ1n) is 13.7. The van der Waals surface area contributed by atoms with Gasteiger partial charge in [0.25, 0.3) is 5.91 Å². The number of aliphatic hydroxyl groups is 1. The first-order chi connectivity index (χ1) is 17.8. The maximum atomic E-state index is 13.3. The SMILES string of the molecule is CC(=O)Nc1ccc(N2CCN(c3cccc(C(=O)NC4C5CC6CC4CC(O)(C6)C5)n3)C(C)C2)cc1. The van der Waals surface area contributed by atoms with Crippen LogP contribution >= 0.6 is 0 Å². The normalized spacial score (nSPS) is 32.4. The number of anilines is 3. The van der Waals surface area contributed by atoms with Crippen LogP contribution in [0, 0.1) is 17.8 Å². The van der Waals surface area contributed by atoms with Crippen molar-refractivity contribution in [1.82, 2.24) is 10.3 Å². The first kappa shape index (κ1) is 24.2. The minimum Gasteiger partial charge on any atom is -0.390 e. The number of carbonyl (C=O) groups excluding carboxylic acids is 2. The second-order valence-electron chi connectivity index (χ2n) is 11.8. The highest BCUT2D eigenvalue weighted by molar-refractivity contribution is 5.93. The zero-order valence-corrected chi connectivity index (χ0v) is 21.7. The van der Waals surface area contributed by atoms with E-state index in [1.54, 1.807) is 6.07 Å². The lowest BCUT2D eigenvalue weighted by molar-refractivity contribution is -0.137. The number of carbonyl (C=O) groups is 2. The van der Waals surface area contributed by atoms with E-state index in [1.807, 2.05) is 36.4 Å². The third-order valence-electron chi connectivity index (χ3n) is 8.98. The number of aromatic nitrogens is 1. The van der Waals surface area contributed by atoms with Crippen LogP contribution in [0.25, 0.3) is 0 Å². The molecular weight excluding hydrogens is 466 g/mol. The summed E-state index contributed by atoms with van der Waals surface area (Å²) in [5, 5.41) is 17.0. The van der Waals surface area contributed by atoms with Crippen molar-refractivity contribution in [2.24, 2.45) is 17.8 Å². The largest absolute Gasteiger partial charge is 0.390 e. The van der Waals surface area contributed by atoms with E-state index in [2.05, 4.69) is 27.4 Å². The topological polar surface area (TPSA) is 97.8 Å². The summed E-state index contributed by atoms with van der Waals surface area (Å²) in [4.78, 5) is 34.0. The fraction of sp³-hybridized carbons (Fsp3) is 0.552. The van der Waals surface area contributed by atoms with Crippen LogP contribution in [-0.2, 0) is 4.79 Å². The summed E-state index contributed by atoms with van der Waals surface area (Å²) in [6, 6.07) is 14.0. The second kappa shape index (κ2) is 9.31. The van der Waals surface area contributed by atoms with E-state index in [0.717, 1.165) is 68.9 Å². The standard InChI is InChI=1S/C29H37N5O3/c1-18-17-33(24-8-6-23(7-9-24)30-19(2)35)10-11-34(18)26-5-3-4-25(31-26)28(36)32-27-21-12-20-13-22(27)16-29(37,14-20)15-21/h3-9,18,20-22,27,37H,10-17H2,1-2H3,(H,30,35)(H,32,36). The van der Waals surface area contributed by atoms with Gasteiger partial charge in [0.2, 0.25) is 5.91 Å². The predicted octanol–water partition coefficient (Wildman–Crippen LogP) is 3.42. The minimum atomic E-state index is -0.498. The summed E-state index contributed by atoms with van der Waals surface area (Å²) in [7, 11) is 0. The molecule has 5 fully saturated rings. The third-order valence-corrected chi connectivity index (χ3v) is 8.98. The summed E-state index contributed by atoms with van der Waals surface area (Å²) in [5.41, 5.74) is 1.89. The molecule has 1 aromatic carbocycles. The zero-order valence-electron chi connectivity index (χ0n) is 21.7. The quantitative estimate of drug-likeness (QED) is 0.579. The number of hydrogen-bond donors (Lipinski definition) is 3. The van der Waals surface area contributed by atoms with E-state index in [0.29, 0.717) is 23.4 Å². The van der Waals surface area contributed by atoms with Gasteiger partial charge in [-0.05, 0) is 93.2 Å². The molecule has 2 heterocycles. The molecule has 4 saturated carbocycles. The Balaban J connectivity index is 1.10. The molecule has 4 bridgehead atoms. The molecule has 2 amide bonds. The second-order valence-corrected chi connectivity index (χ2v) is 11.8. The Hall–Kier alpha value is -3.13. The van der Waals surface area contributed by atoms with E-state index in [9.17, 15) is 14.7 Å². The van der Waals surface area contributed by atoms with Gasteiger partial charge in [-0.2, -0.15) is 0 Å². The van der Waals surface area contributed by atoms with Crippen molar-refractivity contribution in [1.29, 1.82) is 0 Å². The molecule has 4 aliphatic carbocycles. The smallest absolute Gasteiger partial charge is 0.270 e. The van der Waals surface area contributed by atoms with Crippen LogP contribution in [0.3, 0.4) is 0 Å². The van der Waals surface area contributed by atoms with E-state index >= 15 is 0 Å². The van der Waals surface area contributed by atoms with E-state index in [4.69, 9.17) is 4.98 Å². The zero-order chi connectivity index (χ0) is 25.7. The predicted molar refractivity (Wildman–Crippen MR) is 144 cm³/mol. The molecule has 5 aliphatic rings. The van der Waals surface area contributed by atoms with Gasteiger partial charge in [0.05, 0.1) is 5.60 Å². The fourth-order valence-electron chi connectivity index (χ4n) is 7.64. The van der Waals surface area contributed by atoms with Crippen LogP contribution in [0.1, 0.15) is 56.4 Å². The van der Waals surface area contributed by atoms with Crippen molar-refractivity contribution in [3.05, 3.63) is 48.2 Å². The van der Waals surface area contributed by atoms with Crippen molar-refractivity contribution in [2.45, 2.75) is 63.6 Å². The minimum absolute atomic E-state index is 0.0741. The van der Waals surface area contributed by atoms with Crippen LogP contribution < -0.4 is 20.4 Å².